The Kier molecular flexibility index (Phi) is 4.04. The second-order valence-corrected chi connectivity index (χ2v) is 4.72. The molecule has 0 radical (unpaired) electrons. The molecule has 0 fully saturated rings. The van der Waals surface area contributed by atoms with Crippen molar-refractivity contribution in [3.05, 3.63) is 57.8 Å². The second-order valence-electron chi connectivity index (χ2n) is 3.86. The summed E-state index contributed by atoms with van der Waals surface area (Å²) in [6, 6.07) is 9.10. The van der Waals surface area contributed by atoms with Crippen LogP contribution < -0.4 is 5.32 Å². The highest BCUT2D eigenvalue weighted by atomic mass is 79.9. The third kappa shape index (κ3) is 3.13. The molecule has 1 aromatic heterocycles. The molecule has 2 rings (SSSR count). The van der Waals surface area contributed by atoms with Crippen LogP contribution in [0.15, 0.2) is 41.0 Å². The van der Waals surface area contributed by atoms with Crippen LogP contribution in [0, 0.1) is 6.92 Å². The fourth-order valence-corrected chi connectivity index (χ4v) is 1.73. The number of amides is 1. The summed E-state index contributed by atoms with van der Waals surface area (Å²) in [6.07, 6.45) is 1.60. The van der Waals surface area contributed by atoms with Gasteiger partial charge >= 0.3 is 0 Å². The normalized spacial score (nSPS) is 10.1. The van der Waals surface area contributed by atoms with Gasteiger partial charge in [-0.15, -0.1) is 0 Å². The molecule has 0 aliphatic carbocycles. The van der Waals surface area contributed by atoms with Gasteiger partial charge in [-0.25, -0.2) is 0 Å². The number of aromatic nitrogens is 2. The molecule has 5 heteroatoms. The molecule has 4 nitrogen and oxygen atoms in total. The van der Waals surface area contributed by atoms with E-state index in [9.17, 15) is 4.79 Å². The lowest BCUT2D eigenvalue weighted by Crippen LogP contribution is -2.23. The maximum atomic E-state index is 11.9. The van der Waals surface area contributed by atoms with Gasteiger partial charge in [-0.05, 0) is 42.8 Å². The third-order valence-electron chi connectivity index (χ3n) is 2.48. The number of hydrogen-bond acceptors (Lipinski definition) is 3. The number of benzene rings is 1. The molecular formula is C13H12BrN3O. The molecule has 92 valence electrons. The largest absolute Gasteiger partial charge is 0.346 e. The van der Waals surface area contributed by atoms with E-state index >= 15 is 0 Å². The minimum atomic E-state index is -0.115. The molecule has 0 saturated carbocycles. The van der Waals surface area contributed by atoms with Crippen molar-refractivity contribution in [1.82, 2.24) is 15.5 Å². The molecule has 1 aromatic carbocycles. The van der Waals surface area contributed by atoms with E-state index in [2.05, 4.69) is 31.4 Å². The number of hydrogen-bond donors (Lipinski definition) is 1. The predicted molar refractivity (Wildman–Crippen MR) is 72.1 cm³/mol. The Morgan fingerprint density at radius 1 is 1.39 bits per heavy atom. The van der Waals surface area contributed by atoms with Gasteiger partial charge in [0.1, 0.15) is 0 Å². The van der Waals surface area contributed by atoms with E-state index in [1.807, 2.05) is 25.1 Å². The van der Waals surface area contributed by atoms with Crippen LogP contribution in [0.25, 0.3) is 0 Å². The molecule has 1 amide bonds. The van der Waals surface area contributed by atoms with Crippen molar-refractivity contribution in [2.75, 3.05) is 0 Å². The Morgan fingerprint density at radius 3 is 2.89 bits per heavy atom. The van der Waals surface area contributed by atoms with E-state index in [0.29, 0.717) is 12.1 Å². The molecule has 1 heterocycles. The average Bonchev–Trinajstić information content (AvgIpc) is 2.40. The van der Waals surface area contributed by atoms with Crippen molar-refractivity contribution in [3.8, 4) is 0 Å². The van der Waals surface area contributed by atoms with Gasteiger partial charge in [-0.1, -0.05) is 15.9 Å². The maximum Gasteiger partial charge on any atom is 0.251 e. The molecule has 2 aromatic rings. The number of halogens is 1. The smallest absolute Gasteiger partial charge is 0.251 e. The lowest BCUT2D eigenvalue weighted by molar-refractivity contribution is 0.0950. The Bertz CT molecular complexity index is 557. The van der Waals surface area contributed by atoms with E-state index < -0.39 is 0 Å². The maximum absolute atomic E-state index is 11.9. The van der Waals surface area contributed by atoms with Gasteiger partial charge in [0.05, 0.1) is 12.2 Å². The summed E-state index contributed by atoms with van der Waals surface area (Å²) >= 11 is 3.40. The number of aryl methyl sites for hydroxylation is 1. The molecule has 0 aliphatic heterocycles. The fourth-order valence-electron chi connectivity index (χ4n) is 1.49. The van der Waals surface area contributed by atoms with E-state index in [0.717, 1.165) is 15.7 Å². The Hall–Kier alpha value is -1.75. The van der Waals surface area contributed by atoms with Crippen LogP contribution in [-0.4, -0.2) is 16.1 Å². The summed E-state index contributed by atoms with van der Waals surface area (Å²) in [4.78, 5) is 11.9. The van der Waals surface area contributed by atoms with Crippen molar-refractivity contribution in [2.45, 2.75) is 13.5 Å². The van der Waals surface area contributed by atoms with Crippen LogP contribution >= 0.6 is 15.9 Å². The number of carbonyl (C=O) groups excluding carboxylic acids is 1. The van der Waals surface area contributed by atoms with Gasteiger partial charge in [-0.2, -0.15) is 10.2 Å². The monoisotopic (exact) mass is 305 g/mol. The molecule has 0 saturated heterocycles. The second kappa shape index (κ2) is 5.73. The lowest BCUT2D eigenvalue weighted by Gasteiger charge is -2.06. The summed E-state index contributed by atoms with van der Waals surface area (Å²) in [6.45, 7) is 2.32. The van der Waals surface area contributed by atoms with Gasteiger partial charge in [0.2, 0.25) is 0 Å². The average molecular weight is 306 g/mol. The molecule has 18 heavy (non-hydrogen) atoms. The summed E-state index contributed by atoms with van der Waals surface area (Å²) in [5, 5.41) is 10.5. The first-order valence-electron chi connectivity index (χ1n) is 5.48. The topological polar surface area (TPSA) is 54.9 Å². The number of rotatable bonds is 3. The molecule has 0 atom stereocenters. The number of nitrogens with one attached hydrogen (secondary N) is 1. The number of nitrogens with zero attached hydrogens (tertiary/aromatic N) is 2. The van der Waals surface area contributed by atoms with Crippen LogP contribution in [0.5, 0.6) is 0 Å². The van der Waals surface area contributed by atoms with Gasteiger partial charge < -0.3 is 5.32 Å². The molecule has 0 unspecified atom stereocenters. The SMILES string of the molecule is Cc1cc(C(=O)NCc2cccnn2)ccc1Br. The Morgan fingerprint density at radius 2 is 2.22 bits per heavy atom. The Labute approximate surface area is 114 Å². The van der Waals surface area contributed by atoms with E-state index in [4.69, 9.17) is 0 Å². The number of carbonyl (C=O) groups is 1. The third-order valence-corrected chi connectivity index (χ3v) is 3.37. The highest BCUT2D eigenvalue weighted by Crippen LogP contribution is 2.16. The minimum Gasteiger partial charge on any atom is -0.346 e. The standard InChI is InChI=1S/C13H12BrN3O/c1-9-7-10(4-5-12(9)14)13(18)15-8-11-3-2-6-16-17-11/h2-7H,8H2,1H3,(H,15,18). The highest BCUT2D eigenvalue weighted by molar-refractivity contribution is 9.10. The zero-order chi connectivity index (χ0) is 13.0. The van der Waals surface area contributed by atoms with Crippen molar-refractivity contribution in [2.24, 2.45) is 0 Å². The lowest BCUT2D eigenvalue weighted by atomic mass is 10.1. The van der Waals surface area contributed by atoms with Crippen LogP contribution in [0.2, 0.25) is 0 Å². The zero-order valence-electron chi connectivity index (χ0n) is 9.85. The van der Waals surface area contributed by atoms with Gasteiger partial charge in [-0.3, -0.25) is 4.79 Å². The predicted octanol–water partition coefficient (Wildman–Crippen LogP) is 2.48. The molecular weight excluding hydrogens is 294 g/mol. The first-order valence-corrected chi connectivity index (χ1v) is 6.27. The molecule has 0 bridgehead atoms. The minimum absolute atomic E-state index is 0.115. The molecule has 0 spiro atoms. The summed E-state index contributed by atoms with van der Waals surface area (Å²) in [5.74, 6) is -0.115. The van der Waals surface area contributed by atoms with Gasteiger partial charge in [0, 0.05) is 16.2 Å². The fraction of sp³-hybridized carbons (Fsp3) is 0.154. The van der Waals surface area contributed by atoms with Crippen molar-refractivity contribution >= 4 is 21.8 Å². The zero-order valence-corrected chi connectivity index (χ0v) is 11.4. The Balaban J connectivity index is 2.02. The van der Waals surface area contributed by atoms with Crippen molar-refractivity contribution in [1.29, 1.82) is 0 Å². The summed E-state index contributed by atoms with van der Waals surface area (Å²) in [5.41, 5.74) is 2.40. The van der Waals surface area contributed by atoms with Crippen molar-refractivity contribution < 1.29 is 4.79 Å². The van der Waals surface area contributed by atoms with Gasteiger partial charge in [0.25, 0.3) is 5.91 Å². The molecule has 1 N–H and O–H groups in total. The van der Waals surface area contributed by atoms with E-state index in [1.54, 1.807) is 18.3 Å². The first-order chi connectivity index (χ1) is 8.66. The summed E-state index contributed by atoms with van der Waals surface area (Å²) < 4.78 is 0.993. The summed E-state index contributed by atoms with van der Waals surface area (Å²) in [7, 11) is 0. The van der Waals surface area contributed by atoms with E-state index in [-0.39, 0.29) is 5.91 Å². The van der Waals surface area contributed by atoms with Gasteiger partial charge in [0.15, 0.2) is 0 Å². The van der Waals surface area contributed by atoms with Crippen LogP contribution in [0.4, 0.5) is 0 Å². The van der Waals surface area contributed by atoms with Crippen LogP contribution in [-0.2, 0) is 6.54 Å². The molecule has 0 aliphatic rings. The van der Waals surface area contributed by atoms with Crippen molar-refractivity contribution in [3.63, 3.8) is 0 Å². The quantitative estimate of drug-likeness (QED) is 0.948. The van der Waals surface area contributed by atoms with Crippen LogP contribution in [0.3, 0.4) is 0 Å². The highest BCUT2D eigenvalue weighted by Gasteiger charge is 2.06. The van der Waals surface area contributed by atoms with Crippen LogP contribution in [0.1, 0.15) is 21.6 Å². The first kappa shape index (κ1) is 12.7. The van der Waals surface area contributed by atoms with E-state index in [1.165, 1.54) is 0 Å².